The van der Waals surface area contributed by atoms with Crippen LogP contribution in [0.5, 0.6) is 0 Å². The van der Waals surface area contributed by atoms with E-state index in [9.17, 15) is 13.2 Å². The molecule has 0 saturated heterocycles. The van der Waals surface area contributed by atoms with Crippen LogP contribution in [0, 0.1) is 6.92 Å². The van der Waals surface area contributed by atoms with E-state index in [1.165, 1.54) is 13.1 Å². The van der Waals surface area contributed by atoms with Gasteiger partial charge in [0, 0.05) is 11.9 Å². The maximum atomic E-state index is 12.3. The van der Waals surface area contributed by atoms with Gasteiger partial charge in [0.05, 0.1) is 10.2 Å². The first-order valence-electron chi connectivity index (χ1n) is 6.47. The third-order valence-corrected chi connectivity index (χ3v) is 5.00. The Bertz CT molecular complexity index is 805. The monoisotopic (exact) mass is 383 g/mol. The molecular weight excluding hydrogens is 370 g/mol. The molecule has 22 heavy (non-hydrogen) atoms. The standard InChI is InChI=1S/C14H14BrN3O3S/c1-3-22(20,21)14-16-8-11(15)12(18-14)13(19)17-10-6-4-9(2)5-7-10/h4-8H,3H2,1-2H3,(H,17,19). The number of nitrogens with zero attached hydrogens (tertiary/aromatic N) is 2. The summed E-state index contributed by atoms with van der Waals surface area (Å²) in [6.45, 7) is 3.43. The van der Waals surface area contributed by atoms with Crippen LogP contribution in [-0.2, 0) is 9.84 Å². The summed E-state index contributed by atoms with van der Waals surface area (Å²) in [5, 5.41) is 2.31. The number of rotatable bonds is 4. The minimum absolute atomic E-state index is 0.0254. The van der Waals surface area contributed by atoms with Gasteiger partial charge in [-0.1, -0.05) is 24.6 Å². The van der Waals surface area contributed by atoms with E-state index in [0.29, 0.717) is 10.2 Å². The molecule has 0 bridgehead atoms. The normalized spacial score (nSPS) is 11.2. The fourth-order valence-electron chi connectivity index (χ4n) is 1.62. The van der Waals surface area contributed by atoms with Crippen molar-refractivity contribution in [2.45, 2.75) is 19.0 Å². The lowest BCUT2D eigenvalue weighted by Crippen LogP contribution is -2.18. The van der Waals surface area contributed by atoms with Crippen molar-refractivity contribution in [3.8, 4) is 0 Å². The van der Waals surface area contributed by atoms with Gasteiger partial charge in [0.25, 0.3) is 5.91 Å². The highest BCUT2D eigenvalue weighted by molar-refractivity contribution is 9.10. The first kappa shape index (κ1) is 16.6. The topological polar surface area (TPSA) is 89.0 Å². The molecule has 0 atom stereocenters. The fraction of sp³-hybridized carbons (Fsp3) is 0.214. The molecule has 0 spiro atoms. The van der Waals surface area contributed by atoms with Crippen LogP contribution in [0.15, 0.2) is 40.1 Å². The zero-order valence-corrected chi connectivity index (χ0v) is 14.4. The summed E-state index contributed by atoms with van der Waals surface area (Å²) >= 11 is 3.16. The molecule has 8 heteroatoms. The first-order valence-corrected chi connectivity index (χ1v) is 8.91. The number of amides is 1. The lowest BCUT2D eigenvalue weighted by molar-refractivity contribution is 0.102. The van der Waals surface area contributed by atoms with Gasteiger partial charge in [0.2, 0.25) is 15.0 Å². The number of hydrogen-bond acceptors (Lipinski definition) is 5. The van der Waals surface area contributed by atoms with Crippen molar-refractivity contribution in [2.75, 3.05) is 11.1 Å². The number of sulfone groups is 1. The van der Waals surface area contributed by atoms with Crippen molar-refractivity contribution in [1.82, 2.24) is 9.97 Å². The van der Waals surface area contributed by atoms with Crippen molar-refractivity contribution < 1.29 is 13.2 Å². The van der Waals surface area contributed by atoms with Crippen LogP contribution in [0.1, 0.15) is 23.0 Å². The molecule has 0 unspecified atom stereocenters. The maximum Gasteiger partial charge on any atom is 0.275 e. The molecule has 1 heterocycles. The second-order valence-corrected chi connectivity index (χ2v) is 7.60. The second-order valence-electron chi connectivity index (χ2n) is 4.57. The summed E-state index contributed by atoms with van der Waals surface area (Å²) < 4.78 is 23.9. The van der Waals surface area contributed by atoms with Gasteiger partial charge in [-0.2, -0.15) is 0 Å². The number of benzene rings is 1. The van der Waals surface area contributed by atoms with Crippen LogP contribution in [0.2, 0.25) is 0 Å². The van der Waals surface area contributed by atoms with Crippen LogP contribution < -0.4 is 5.32 Å². The zero-order chi connectivity index (χ0) is 16.3. The van der Waals surface area contributed by atoms with E-state index in [1.54, 1.807) is 12.1 Å². The molecule has 0 saturated carbocycles. The summed E-state index contributed by atoms with van der Waals surface area (Å²) in [5.41, 5.74) is 1.64. The minimum Gasteiger partial charge on any atom is -0.321 e. The fourth-order valence-corrected chi connectivity index (χ4v) is 2.69. The van der Waals surface area contributed by atoms with Crippen molar-refractivity contribution >= 4 is 37.4 Å². The highest BCUT2D eigenvalue weighted by Gasteiger charge is 2.20. The van der Waals surface area contributed by atoms with Gasteiger partial charge in [0.15, 0.2) is 0 Å². The third kappa shape index (κ3) is 3.69. The van der Waals surface area contributed by atoms with E-state index in [-0.39, 0.29) is 16.6 Å². The highest BCUT2D eigenvalue weighted by Crippen LogP contribution is 2.18. The van der Waals surface area contributed by atoms with Gasteiger partial charge >= 0.3 is 0 Å². The van der Waals surface area contributed by atoms with Gasteiger partial charge in [-0.05, 0) is 35.0 Å². The predicted octanol–water partition coefficient (Wildman–Crippen LogP) is 2.59. The Balaban J connectivity index is 2.33. The minimum atomic E-state index is -3.57. The number of anilines is 1. The first-order chi connectivity index (χ1) is 10.3. The Kier molecular flexibility index (Phi) is 4.92. The number of halogens is 1. The van der Waals surface area contributed by atoms with Gasteiger partial charge in [-0.25, -0.2) is 18.4 Å². The van der Waals surface area contributed by atoms with E-state index < -0.39 is 15.7 Å². The van der Waals surface area contributed by atoms with Gasteiger partial charge < -0.3 is 5.32 Å². The largest absolute Gasteiger partial charge is 0.321 e. The zero-order valence-electron chi connectivity index (χ0n) is 12.0. The predicted molar refractivity (Wildman–Crippen MR) is 86.6 cm³/mol. The number of carbonyl (C=O) groups is 1. The highest BCUT2D eigenvalue weighted by atomic mass is 79.9. The molecule has 6 nitrogen and oxygen atoms in total. The Morgan fingerprint density at radius 1 is 1.27 bits per heavy atom. The molecule has 2 rings (SSSR count). The van der Waals surface area contributed by atoms with E-state index in [0.717, 1.165) is 5.56 Å². The lowest BCUT2D eigenvalue weighted by Gasteiger charge is -2.08. The van der Waals surface area contributed by atoms with Gasteiger partial charge in [-0.3, -0.25) is 4.79 Å². The number of carbonyl (C=O) groups excluding carboxylic acids is 1. The molecule has 1 aromatic carbocycles. The average Bonchev–Trinajstić information content (AvgIpc) is 2.49. The number of nitrogens with one attached hydrogen (secondary N) is 1. The molecule has 1 amide bonds. The summed E-state index contributed by atoms with van der Waals surface area (Å²) in [5.74, 6) is -0.640. The van der Waals surface area contributed by atoms with Crippen molar-refractivity contribution in [1.29, 1.82) is 0 Å². The molecule has 2 aromatic rings. The summed E-state index contributed by atoms with van der Waals surface area (Å²) in [6, 6.07) is 7.23. The van der Waals surface area contributed by atoms with Gasteiger partial charge in [0.1, 0.15) is 5.69 Å². The molecule has 1 aromatic heterocycles. The molecule has 1 N–H and O–H groups in total. The molecule has 0 aliphatic carbocycles. The lowest BCUT2D eigenvalue weighted by atomic mass is 10.2. The van der Waals surface area contributed by atoms with E-state index >= 15 is 0 Å². The molecule has 116 valence electrons. The molecule has 0 fully saturated rings. The van der Waals surface area contributed by atoms with E-state index in [1.807, 2.05) is 19.1 Å². The molecule has 0 radical (unpaired) electrons. The Morgan fingerprint density at radius 2 is 1.91 bits per heavy atom. The smallest absolute Gasteiger partial charge is 0.275 e. The van der Waals surface area contributed by atoms with E-state index in [4.69, 9.17) is 0 Å². The third-order valence-electron chi connectivity index (χ3n) is 2.90. The number of aromatic nitrogens is 2. The molecular formula is C14H14BrN3O3S. The SMILES string of the molecule is CCS(=O)(=O)c1ncc(Br)c(C(=O)Nc2ccc(C)cc2)n1. The summed E-state index contributed by atoms with van der Waals surface area (Å²) in [4.78, 5) is 19.9. The average molecular weight is 384 g/mol. The Morgan fingerprint density at radius 3 is 2.50 bits per heavy atom. The Hall–Kier alpha value is -1.80. The van der Waals surface area contributed by atoms with Crippen molar-refractivity contribution in [3.63, 3.8) is 0 Å². The van der Waals surface area contributed by atoms with Crippen LogP contribution in [-0.4, -0.2) is 30.0 Å². The van der Waals surface area contributed by atoms with E-state index in [2.05, 4.69) is 31.2 Å². The van der Waals surface area contributed by atoms with Crippen molar-refractivity contribution in [2.24, 2.45) is 0 Å². The van der Waals surface area contributed by atoms with Crippen LogP contribution in [0.3, 0.4) is 0 Å². The van der Waals surface area contributed by atoms with Crippen LogP contribution >= 0.6 is 15.9 Å². The molecule has 0 aliphatic heterocycles. The number of hydrogen-bond donors (Lipinski definition) is 1. The number of aryl methyl sites for hydroxylation is 1. The Labute approximate surface area is 137 Å². The van der Waals surface area contributed by atoms with Gasteiger partial charge in [-0.15, -0.1) is 0 Å². The quantitative estimate of drug-likeness (QED) is 0.819. The second kappa shape index (κ2) is 6.53. The summed E-state index contributed by atoms with van der Waals surface area (Å²) in [7, 11) is -3.57. The van der Waals surface area contributed by atoms with Crippen LogP contribution in [0.4, 0.5) is 5.69 Å². The van der Waals surface area contributed by atoms with Crippen molar-refractivity contribution in [3.05, 3.63) is 46.2 Å². The summed E-state index contributed by atoms with van der Waals surface area (Å²) in [6.07, 6.45) is 1.26. The van der Waals surface area contributed by atoms with Crippen LogP contribution in [0.25, 0.3) is 0 Å². The maximum absolute atomic E-state index is 12.3. The molecule has 0 aliphatic rings.